The average molecular weight is 554 g/mol. The molecule has 0 spiro atoms. The van der Waals surface area contributed by atoms with Crippen molar-refractivity contribution in [2.45, 2.75) is 63.8 Å². The Morgan fingerprint density at radius 1 is 1.10 bits per heavy atom. The molecule has 4 rings (SSSR count). The van der Waals surface area contributed by atoms with E-state index in [2.05, 4.69) is 16.8 Å². The Balaban J connectivity index is 1.75. The summed E-state index contributed by atoms with van der Waals surface area (Å²) in [7, 11) is 0. The predicted octanol–water partition coefficient (Wildman–Crippen LogP) is 0.752. The Bertz CT molecular complexity index is 1340. The summed E-state index contributed by atoms with van der Waals surface area (Å²) >= 11 is 0. The highest BCUT2D eigenvalue weighted by molar-refractivity contribution is 5.79. The van der Waals surface area contributed by atoms with E-state index >= 15 is 0 Å². The molecule has 0 saturated carbocycles. The number of aryl methyl sites for hydroxylation is 2. The van der Waals surface area contributed by atoms with Crippen LogP contribution in [0, 0.1) is 17.8 Å². The lowest BCUT2D eigenvalue weighted by Crippen LogP contribution is -2.34. The maximum absolute atomic E-state index is 12.7. The molecule has 2 aliphatic rings. The third-order valence-corrected chi connectivity index (χ3v) is 7.24. The number of guanidine groups is 1. The fourth-order valence-electron chi connectivity index (χ4n) is 5.15. The van der Waals surface area contributed by atoms with E-state index in [0.717, 1.165) is 5.56 Å². The molecule has 2 aromatic rings. The quantitative estimate of drug-likeness (QED) is 0.120. The lowest BCUT2D eigenvalue weighted by atomic mass is 9.86. The number of aromatic hydroxyl groups is 2. The molecule has 2 aromatic carbocycles. The summed E-state index contributed by atoms with van der Waals surface area (Å²) in [5.41, 5.74) is 13.8. The van der Waals surface area contributed by atoms with E-state index in [0.29, 0.717) is 60.9 Å². The number of nitrogens with zero attached hydrogens (tertiary/aromatic N) is 1. The monoisotopic (exact) mass is 553 g/mol. The molecule has 9 N–H and O–H groups in total. The summed E-state index contributed by atoms with van der Waals surface area (Å²) in [6, 6.07) is 4.85. The van der Waals surface area contributed by atoms with Crippen LogP contribution in [0.4, 0.5) is 0 Å². The number of hydrogen-bond acceptors (Lipinski definition) is 9. The normalized spacial score (nSPS) is 20.9. The van der Waals surface area contributed by atoms with Crippen molar-refractivity contribution in [3.63, 3.8) is 0 Å². The number of aliphatic hydroxyl groups excluding tert-OH is 3. The zero-order valence-corrected chi connectivity index (χ0v) is 22.1. The van der Waals surface area contributed by atoms with Gasteiger partial charge in [0.15, 0.2) is 35.8 Å². The van der Waals surface area contributed by atoms with E-state index in [4.69, 9.17) is 20.9 Å². The molecule has 0 radical (unpaired) electrons. The van der Waals surface area contributed by atoms with Crippen molar-refractivity contribution >= 4 is 11.7 Å². The Labute approximate surface area is 232 Å². The molecule has 1 heterocycles. The number of hydrogen-bond donors (Lipinski definition) is 7. The number of nitrogens with two attached hydrogens (primary N) is 2. The van der Waals surface area contributed by atoms with E-state index in [9.17, 15) is 30.3 Å². The summed E-state index contributed by atoms with van der Waals surface area (Å²) in [6.07, 6.45) is 0.0445. The van der Waals surface area contributed by atoms with Gasteiger partial charge in [0.25, 0.3) is 0 Å². The largest absolute Gasteiger partial charge is 0.504 e. The SMILES string of the molecule is NC(N)=NCCC1Cc2c3cc(c(O)c2OC1O)CC#Cc1c(ccc(O)c1OCO)CCC(=O)CC(O)CC3. The fraction of sp³-hybridized carbons (Fsp3) is 0.448. The van der Waals surface area contributed by atoms with Crippen molar-refractivity contribution in [1.82, 2.24) is 0 Å². The average Bonchev–Trinajstić information content (AvgIpc) is 2.91. The number of phenolic OH excluding ortho intramolecular Hbond substituents is 2. The van der Waals surface area contributed by atoms with Crippen LogP contribution < -0.4 is 20.9 Å². The van der Waals surface area contributed by atoms with Gasteiger partial charge in [-0.15, -0.1) is 0 Å². The molecule has 3 atom stereocenters. The number of aliphatic imine (C=N–C) groups is 1. The number of phenols is 2. The van der Waals surface area contributed by atoms with Gasteiger partial charge in [0, 0.05) is 42.9 Å². The maximum atomic E-state index is 12.7. The summed E-state index contributed by atoms with van der Waals surface area (Å²) in [4.78, 5) is 16.7. The molecule has 0 amide bonds. The second kappa shape index (κ2) is 12.9. The van der Waals surface area contributed by atoms with Gasteiger partial charge >= 0.3 is 0 Å². The van der Waals surface area contributed by atoms with Gasteiger partial charge in [0.1, 0.15) is 5.78 Å². The Morgan fingerprint density at radius 3 is 2.65 bits per heavy atom. The van der Waals surface area contributed by atoms with Gasteiger partial charge in [-0.05, 0) is 49.3 Å². The number of ketones is 1. The van der Waals surface area contributed by atoms with Crippen molar-refractivity contribution in [2.24, 2.45) is 22.4 Å². The maximum Gasteiger partial charge on any atom is 0.200 e. The Hall–Kier alpha value is -3.98. The summed E-state index contributed by atoms with van der Waals surface area (Å²) in [5.74, 6) is 5.29. The number of aliphatic hydroxyl groups is 3. The van der Waals surface area contributed by atoms with Gasteiger partial charge in [0.05, 0.1) is 11.7 Å². The van der Waals surface area contributed by atoms with Crippen LogP contribution in [0.15, 0.2) is 23.2 Å². The molecular weight excluding hydrogens is 518 g/mol. The van der Waals surface area contributed by atoms with E-state index in [1.165, 1.54) is 6.07 Å². The lowest BCUT2D eigenvalue weighted by Gasteiger charge is -2.32. The number of benzene rings is 2. The first-order chi connectivity index (χ1) is 19.2. The topological polar surface area (TPSA) is 201 Å². The number of ether oxygens (including phenoxy) is 2. The van der Waals surface area contributed by atoms with Crippen molar-refractivity contribution in [2.75, 3.05) is 13.3 Å². The van der Waals surface area contributed by atoms with Crippen LogP contribution in [-0.2, 0) is 30.5 Å². The van der Waals surface area contributed by atoms with Gasteiger partial charge in [-0.25, -0.2) is 0 Å². The van der Waals surface area contributed by atoms with Crippen molar-refractivity contribution in [3.05, 3.63) is 46.0 Å². The zero-order chi connectivity index (χ0) is 28.8. The number of Topliss-reactive ketones (excluding diaryl/α,β-unsaturated/α-hetero) is 1. The molecule has 0 fully saturated rings. The molecule has 11 heteroatoms. The highest BCUT2D eigenvalue weighted by atomic mass is 16.6. The first kappa shape index (κ1) is 29.0. The minimum Gasteiger partial charge on any atom is -0.504 e. The second-order valence-electron chi connectivity index (χ2n) is 10.1. The number of fused-ring (bicyclic) bond motifs is 5. The van der Waals surface area contributed by atoms with Gasteiger partial charge in [0.2, 0.25) is 6.29 Å². The first-order valence-corrected chi connectivity index (χ1v) is 13.2. The van der Waals surface area contributed by atoms with Crippen LogP contribution in [-0.4, -0.2) is 63.0 Å². The van der Waals surface area contributed by atoms with E-state index < -0.39 is 19.2 Å². The van der Waals surface area contributed by atoms with Crippen LogP contribution >= 0.6 is 0 Å². The Kier molecular flexibility index (Phi) is 9.37. The van der Waals surface area contributed by atoms with E-state index in [1.807, 2.05) is 0 Å². The summed E-state index contributed by atoms with van der Waals surface area (Å²) in [5, 5.41) is 52.1. The smallest absolute Gasteiger partial charge is 0.200 e. The van der Waals surface area contributed by atoms with Crippen LogP contribution in [0.25, 0.3) is 0 Å². The van der Waals surface area contributed by atoms with Crippen LogP contribution in [0.5, 0.6) is 23.0 Å². The van der Waals surface area contributed by atoms with Crippen molar-refractivity contribution in [3.8, 4) is 34.8 Å². The van der Waals surface area contributed by atoms with Gasteiger partial charge < -0.3 is 46.5 Å². The molecule has 214 valence electrons. The van der Waals surface area contributed by atoms with E-state index in [-0.39, 0.29) is 59.9 Å². The molecule has 3 unspecified atom stereocenters. The molecule has 1 aliphatic heterocycles. The third kappa shape index (κ3) is 6.77. The molecule has 0 aromatic heterocycles. The van der Waals surface area contributed by atoms with Gasteiger partial charge in [-0.3, -0.25) is 9.79 Å². The molecule has 2 bridgehead atoms. The molecule has 1 aliphatic carbocycles. The van der Waals surface area contributed by atoms with Crippen LogP contribution in [0.1, 0.15) is 53.5 Å². The minimum atomic E-state index is -1.19. The third-order valence-electron chi connectivity index (χ3n) is 7.24. The molecule has 40 heavy (non-hydrogen) atoms. The molecule has 0 saturated heterocycles. The zero-order valence-electron chi connectivity index (χ0n) is 22.1. The highest BCUT2D eigenvalue weighted by Crippen LogP contribution is 2.43. The highest BCUT2D eigenvalue weighted by Gasteiger charge is 2.33. The van der Waals surface area contributed by atoms with Crippen molar-refractivity contribution in [1.29, 1.82) is 0 Å². The molecular formula is C29H35N3O8. The summed E-state index contributed by atoms with van der Waals surface area (Å²) < 4.78 is 11.0. The fourth-order valence-corrected chi connectivity index (χ4v) is 5.15. The van der Waals surface area contributed by atoms with E-state index in [1.54, 1.807) is 12.1 Å². The lowest BCUT2D eigenvalue weighted by molar-refractivity contribution is -0.121. The number of carbonyl (C=O) groups is 1. The number of rotatable bonds is 5. The minimum absolute atomic E-state index is 0.00197. The number of carbonyl (C=O) groups excluding carboxylic acids is 1. The van der Waals surface area contributed by atoms with Gasteiger partial charge in [-0.2, -0.15) is 0 Å². The predicted molar refractivity (Wildman–Crippen MR) is 146 cm³/mol. The van der Waals surface area contributed by atoms with Gasteiger partial charge in [-0.1, -0.05) is 24.0 Å². The summed E-state index contributed by atoms with van der Waals surface area (Å²) in [6.45, 7) is -0.379. The first-order valence-electron chi connectivity index (χ1n) is 13.2. The van der Waals surface area contributed by atoms with Crippen molar-refractivity contribution < 1.29 is 39.8 Å². The second-order valence-corrected chi connectivity index (χ2v) is 10.1. The van der Waals surface area contributed by atoms with Crippen LogP contribution in [0.2, 0.25) is 0 Å². The molecule has 11 nitrogen and oxygen atoms in total. The standard InChI is InChI=1S/C29H35N3O8/c30-29(31)32-11-10-19-13-23-17-5-8-21(35)14-20(34)7-4-16-6-9-24(36)26(39-15-33)22(16)3-1-2-18(12-17)25(37)27(23)40-28(19)38/h6,9,12,19,21,28,33,35-38H,2,4-5,7-8,10-11,13-15H2,(H4,30,31,32). The van der Waals surface area contributed by atoms with Crippen LogP contribution in [0.3, 0.4) is 0 Å². The Morgan fingerprint density at radius 2 is 1.90 bits per heavy atom.